The third kappa shape index (κ3) is 1.99. The minimum atomic E-state index is 0.293. The summed E-state index contributed by atoms with van der Waals surface area (Å²) in [7, 11) is 1.75. The predicted molar refractivity (Wildman–Crippen MR) is 57.2 cm³/mol. The summed E-state index contributed by atoms with van der Waals surface area (Å²) < 4.78 is 13.5. The molecule has 0 radical (unpaired) electrons. The Morgan fingerprint density at radius 1 is 1.57 bits per heavy atom. The van der Waals surface area contributed by atoms with Crippen molar-refractivity contribution in [2.24, 2.45) is 0 Å². The summed E-state index contributed by atoms with van der Waals surface area (Å²) in [5, 5.41) is 0.506. The summed E-state index contributed by atoms with van der Waals surface area (Å²) in [6.07, 6.45) is 2.52. The zero-order chi connectivity index (χ0) is 9.97. The highest BCUT2D eigenvalue weighted by Gasteiger charge is 2.23. The van der Waals surface area contributed by atoms with Gasteiger partial charge in [0.15, 0.2) is 11.0 Å². The molecule has 1 aromatic heterocycles. The Morgan fingerprint density at radius 3 is 3.07 bits per heavy atom. The van der Waals surface area contributed by atoms with Crippen molar-refractivity contribution < 1.29 is 4.74 Å². The SMILES string of the molecule is COC1CCCN(c2nsnc2Cl)C1. The van der Waals surface area contributed by atoms with Crippen molar-refractivity contribution in [1.29, 1.82) is 0 Å². The fraction of sp³-hybridized carbons (Fsp3) is 0.750. The molecule has 1 fully saturated rings. The van der Waals surface area contributed by atoms with Crippen LogP contribution >= 0.6 is 23.3 Å². The molecule has 6 heteroatoms. The minimum Gasteiger partial charge on any atom is -0.380 e. The van der Waals surface area contributed by atoms with Crippen molar-refractivity contribution in [2.45, 2.75) is 18.9 Å². The van der Waals surface area contributed by atoms with E-state index in [0.29, 0.717) is 11.3 Å². The molecule has 1 atom stereocenters. The Bertz CT molecular complexity index is 307. The maximum Gasteiger partial charge on any atom is 0.187 e. The molecule has 1 aromatic rings. The van der Waals surface area contributed by atoms with Crippen LogP contribution in [0, 0.1) is 0 Å². The third-order valence-electron chi connectivity index (χ3n) is 2.44. The van der Waals surface area contributed by atoms with E-state index in [4.69, 9.17) is 16.3 Å². The van der Waals surface area contributed by atoms with Gasteiger partial charge in [-0.15, -0.1) is 0 Å². The lowest BCUT2D eigenvalue weighted by molar-refractivity contribution is 0.0892. The Labute approximate surface area is 92.2 Å². The van der Waals surface area contributed by atoms with Gasteiger partial charge in [0, 0.05) is 20.2 Å². The van der Waals surface area contributed by atoms with Crippen molar-refractivity contribution in [3.8, 4) is 0 Å². The summed E-state index contributed by atoms with van der Waals surface area (Å²) >= 11 is 7.07. The lowest BCUT2D eigenvalue weighted by Gasteiger charge is -2.31. The van der Waals surface area contributed by atoms with E-state index in [1.165, 1.54) is 0 Å². The number of rotatable bonds is 2. The molecule has 0 spiro atoms. The summed E-state index contributed by atoms with van der Waals surface area (Å²) in [5.41, 5.74) is 0. The Balaban J connectivity index is 2.08. The molecule has 4 nitrogen and oxygen atoms in total. The molecule has 1 unspecified atom stereocenters. The molecule has 0 saturated carbocycles. The Kier molecular flexibility index (Phi) is 3.20. The van der Waals surface area contributed by atoms with E-state index in [-0.39, 0.29) is 0 Å². The number of piperidine rings is 1. The van der Waals surface area contributed by atoms with Crippen LogP contribution in [0.5, 0.6) is 0 Å². The summed E-state index contributed by atoms with van der Waals surface area (Å²) in [5.74, 6) is 0.804. The second kappa shape index (κ2) is 4.42. The first-order valence-corrected chi connectivity index (χ1v) is 5.68. The van der Waals surface area contributed by atoms with Gasteiger partial charge < -0.3 is 9.64 Å². The van der Waals surface area contributed by atoms with Gasteiger partial charge in [-0.1, -0.05) is 11.6 Å². The van der Waals surface area contributed by atoms with Gasteiger partial charge in [-0.3, -0.25) is 0 Å². The number of anilines is 1. The monoisotopic (exact) mass is 233 g/mol. The molecule has 1 saturated heterocycles. The van der Waals surface area contributed by atoms with Crippen molar-refractivity contribution in [3.05, 3.63) is 5.15 Å². The normalized spacial score (nSPS) is 22.7. The zero-order valence-corrected chi connectivity index (χ0v) is 9.51. The number of hydrogen-bond acceptors (Lipinski definition) is 5. The molecule has 0 bridgehead atoms. The van der Waals surface area contributed by atoms with Gasteiger partial charge in [0.05, 0.1) is 17.8 Å². The zero-order valence-electron chi connectivity index (χ0n) is 7.94. The van der Waals surface area contributed by atoms with Crippen LogP contribution in [0.3, 0.4) is 0 Å². The van der Waals surface area contributed by atoms with Gasteiger partial charge in [-0.05, 0) is 12.8 Å². The fourth-order valence-electron chi connectivity index (χ4n) is 1.68. The molecule has 0 aliphatic carbocycles. The summed E-state index contributed by atoms with van der Waals surface area (Å²) in [6.45, 7) is 1.85. The average molecular weight is 234 g/mol. The van der Waals surface area contributed by atoms with Crippen molar-refractivity contribution in [1.82, 2.24) is 8.75 Å². The van der Waals surface area contributed by atoms with Crippen LogP contribution in [0.4, 0.5) is 5.82 Å². The van der Waals surface area contributed by atoms with E-state index in [1.54, 1.807) is 7.11 Å². The highest BCUT2D eigenvalue weighted by molar-refractivity contribution is 6.99. The minimum absolute atomic E-state index is 0.293. The van der Waals surface area contributed by atoms with E-state index >= 15 is 0 Å². The molecule has 2 heterocycles. The average Bonchev–Trinajstić information content (AvgIpc) is 2.65. The van der Waals surface area contributed by atoms with Crippen LogP contribution in [0.25, 0.3) is 0 Å². The van der Waals surface area contributed by atoms with E-state index in [2.05, 4.69) is 13.6 Å². The number of methoxy groups -OCH3 is 1. The fourth-order valence-corrected chi connectivity index (χ4v) is 2.46. The maximum atomic E-state index is 5.92. The predicted octanol–water partition coefficient (Wildman–Crippen LogP) is 1.81. The molecule has 78 valence electrons. The molecular formula is C8H12ClN3OS. The van der Waals surface area contributed by atoms with Gasteiger partial charge in [0.2, 0.25) is 0 Å². The topological polar surface area (TPSA) is 38.2 Å². The number of nitrogens with zero attached hydrogens (tertiary/aromatic N) is 3. The van der Waals surface area contributed by atoms with Crippen molar-refractivity contribution >= 4 is 29.1 Å². The van der Waals surface area contributed by atoms with Crippen molar-refractivity contribution in [3.63, 3.8) is 0 Å². The van der Waals surface area contributed by atoms with Crippen LogP contribution in [0.1, 0.15) is 12.8 Å². The standard InChI is InChI=1S/C8H12ClN3OS/c1-13-6-3-2-4-12(5-6)8-7(9)10-14-11-8/h6H,2-5H2,1H3. The van der Waals surface area contributed by atoms with Crippen LogP contribution in [0.2, 0.25) is 5.15 Å². The van der Waals surface area contributed by atoms with E-state index in [1.807, 2.05) is 0 Å². The molecule has 2 rings (SSSR count). The van der Waals surface area contributed by atoms with Gasteiger partial charge in [-0.2, -0.15) is 8.75 Å². The summed E-state index contributed by atoms with van der Waals surface area (Å²) in [6, 6.07) is 0. The smallest absolute Gasteiger partial charge is 0.187 e. The molecule has 1 aliphatic rings. The maximum absolute atomic E-state index is 5.92. The highest BCUT2D eigenvalue weighted by Crippen LogP contribution is 2.26. The summed E-state index contributed by atoms with van der Waals surface area (Å²) in [4.78, 5) is 2.14. The van der Waals surface area contributed by atoms with Gasteiger partial charge in [0.25, 0.3) is 0 Å². The Morgan fingerprint density at radius 2 is 2.43 bits per heavy atom. The molecule has 14 heavy (non-hydrogen) atoms. The molecule has 0 amide bonds. The molecule has 1 aliphatic heterocycles. The first-order chi connectivity index (χ1) is 6.81. The molecular weight excluding hydrogens is 222 g/mol. The van der Waals surface area contributed by atoms with Crippen LogP contribution in [0.15, 0.2) is 0 Å². The van der Waals surface area contributed by atoms with Gasteiger partial charge >= 0.3 is 0 Å². The quantitative estimate of drug-likeness (QED) is 0.781. The lowest BCUT2D eigenvalue weighted by atomic mass is 10.1. The number of aromatic nitrogens is 2. The van der Waals surface area contributed by atoms with E-state index < -0.39 is 0 Å². The second-order valence-corrected chi connectivity index (χ2v) is 4.21. The number of halogens is 1. The van der Waals surface area contributed by atoms with Crippen LogP contribution < -0.4 is 4.90 Å². The lowest BCUT2D eigenvalue weighted by Crippen LogP contribution is -2.39. The largest absolute Gasteiger partial charge is 0.380 e. The molecule has 0 N–H and O–H groups in total. The van der Waals surface area contributed by atoms with Crippen LogP contribution in [-0.4, -0.2) is 35.1 Å². The number of hydrogen-bond donors (Lipinski definition) is 0. The van der Waals surface area contributed by atoms with E-state index in [0.717, 1.165) is 43.5 Å². The van der Waals surface area contributed by atoms with Crippen LogP contribution in [-0.2, 0) is 4.74 Å². The van der Waals surface area contributed by atoms with Gasteiger partial charge in [-0.25, -0.2) is 0 Å². The Hall–Kier alpha value is -0.390. The second-order valence-electron chi connectivity index (χ2n) is 3.32. The number of ether oxygens (including phenoxy) is 1. The first-order valence-electron chi connectivity index (χ1n) is 4.57. The third-order valence-corrected chi connectivity index (χ3v) is 3.32. The highest BCUT2D eigenvalue weighted by atomic mass is 35.5. The van der Waals surface area contributed by atoms with Gasteiger partial charge in [0.1, 0.15) is 0 Å². The van der Waals surface area contributed by atoms with Crippen molar-refractivity contribution in [2.75, 3.05) is 25.1 Å². The first kappa shape index (κ1) is 10.1. The van der Waals surface area contributed by atoms with E-state index in [9.17, 15) is 0 Å². The molecule has 0 aromatic carbocycles.